The van der Waals surface area contributed by atoms with E-state index >= 15 is 0 Å². The number of benzene rings is 1. The van der Waals surface area contributed by atoms with E-state index in [0.29, 0.717) is 17.2 Å². The number of nitrogens with one attached hydrogen (secondary N) is 1. The van der Waals surface area contributed by atoms with Crippen molar-refractivity contribution in [1.82, 2.24) is 10.2 Å². The third-order valence-electron chi connectivity index (χ3n) is 4.23. The highest BCUT2D eigenvalue weighted by molar-refractivity contribution is 5.58. The number of hydrogen-bond acceptors (Lipinski definition) is 6. The lowest BCUT2D eigenvalue weighted by Gasteiger charge is -2.27. The average Bonchev–Trinajstić information content (AvgIpc) is 2.97. The van der Waals surface area contributed by atoms with Gasteiger partial charge in [-0.15, -0.1) is 5.10 Å². The number of nitrogens with zero attached hydrogens (tertiary/aromatic N) is 2. The van der Waals surface area contributed by atoms with E-state index in [1.807, 2.05) is 20.8 Å². The van der Waals surface area contributed by atoms with Gasteiger partial charge in [-0.2, -0.15) is 5.26 Å². The molecular weight excluding hydrogens is 320 g/mol. The Morgan fingerprint density at radius 3 is 2.72 bits per heavy atom. The molecule has 130 valence electrons. The molecule has 25 heavy (non-hydrogen) atoms. The Balaban J connectivity index is 2.27. The molecule has 7 nitrogen and oxygen atoms in total. The molecule has 0 spiro atoms. The molecule has 0 saturated heterocycles. The van der Waals surface area contributed by atoms with Crippen LogP contribution in [0.5, 0.6) is 17.4 Å². The Morgan fingerprint density at radius 1 is 1.40 bits per heavy atom. The van der Waals surface area contributed by atoms with Gasteiger partial charge in [0, 0.05) is 11.1 Å². The van der Waals surface area contributed by atoms with Crippen LogP contribution in [-0.4, -0.2) is 22.4 Å². The second-order valence-electron chi connectivity index (χ2n) is 6.92. The number of hydrogen-bond donors (Lipinski definition) is 3. The van der Waals surface area contributed by atoms with Crippen LogP contribution in [0.4, 0.5) is 0 Å². The van der Waals surface area contributed by atoms with E-state index < -0.39 is 5.92 Å². The zero-order chi connectivity index (χ0) is 18.4. The Bertz CT molecular complexity index is 900. The molecule has 1 atom stereocenters. The number of rotatable bonds is 2. The summed E-state index contributed by atoms with van der Waals surface area (Å²) in [4.78, 5) is 0. The van der Waals surface area contributed by atoms with E-state index in [2.05, 4.69) is 16.3 Å². The summed E-state index contributed by atoms with van der Waals surface area (Å²) in [6, 6.07) is 7.11. The van der Waals surface area contributed by atoms with E-state index in [0.717, 1.165) is 16.8 Å². The van der Waals surface area contributed by atoms with Gasteiger partial charge in [-0.05, 0) is 17.7 Å². The number of ether oxygens (including phenoxy) is 2. The summed E-state index contributed by atoms with van der Waals surface area (Å²) in [6.45, 7) is 6.13. The summed E-state index contributed by atoms with van der Waals surface area (Å²) < 4.78 is 10.8. The van der Waals surface area contributed by atoms with Crippen molar-refractivity contribution >= 4 is 0 Å². The molecular formula is C18H20N4O3. The third-order valence-corrected chi connectivity index (χ3v) is 4.23. The summed E-state index contributed by atoms with van der Waals surface area (Å²) in [5, 5.41) is 26.8. The minimum absolute atomic E-state index is 0.0252. The molecule has 1 aliphatic rings. The molecule has 1 aliphatic heterocycles. The first-order valence-corrected chi connectivity index (χ1v) is 7.81. The Labute approximate surface area is 145 Å². The molecule has 0 bridgehead atoms. The number of aromatic hydroxyl groups is 1. The van der Waals surface area contributed by atoms with Crippen molar-refractivity contribution in [1.29, 1.82) is 5.26 Å². The molecule has 3 rings (SSSR count). The van der Waals surface area contributed by atoms with Crippen molar-refractivity contribution in [3.63, 3.8) is 0 Å². The first-order chi connectivity index (χ1) is 11.8. The number of aromatic nitrogens is 2. The molecule has 0 fully saturated rings. The fourth-order valence-electron chi connectivity index (χ4n) is 3.02. The highest BCUT2D eigenvalue weighted by Gasteiger charge is 2.38. The fourth-order valence-corrected chi connectivity index (χ4v) is 3.02. The summed E-state index contributed by atoms with van der Waals surface area (Å²) in [6.07, 6.45) is 0. The van der Waals surface area contributed by atoms with Crippen LogP contribution in [0.1, 0.15) is 43.5 Å². The second-order valence-corrected chi connectivity index (χ2v) is 6.92. The van der Waals surface area contributed by atoms with Crippen molar-refractivity contribution in [2.24, 2.45) is 5.73 Å². The molecule has 0 amide bonds. The SMILES string of the molecule is COc1cc(C2C(C#N)=C(N)Oc3n[nH]c(C(C)(C)C)c32)ccc1O. The van der Waals surface area contributed by atoms with Crippen molar-refractivity contribution in [2.45, 2.75) is 32.1 Å². The largest absolute Gasteiger partial charge is 0.504 e. The van der Waals surface area contributed by atoms with Gasteiger partial charge in [0.1, 0.15) is 11.6 Å². The topological polar surface area (TPSA) is 117 Å². The first kappa shape index (κ1) is 16.7. The molecule has 1 unspecified atom stereocenters. The normalized spacial score (nSPS) is 16.8. The van der Waals surface area contributed by atoms with E-state index in [9.17, 15) is 10.4 Å². The van der Waals surface area contributed by atoms with Crippen LogP contribution in [0.15, 0.2) is 29.7 Å². The van der Waals surface area contributed by atoms with Gasteiger partial charge >= 0.3 is 0 Å². The fraction of sp³-hybridized carbons (Fsp3) is 0.333. The van der Waals surface area contributed by atoms with E-state index in [-0.39, 0.29) is 17.0 Å². The lowest BCUT2D eigenvalue weighted by molar-refractivity contribution is 0.370. The van der Waals surface area contributed by atoms with Crippen LogP contribution < -0.4 is 15.2 Å². The molecule has 4 N–H and O–H groups in total. The Morgan fingerprint density at radius 2 is 2.12 bits per heavy atom. The van der Waals surface area contributed by atoms with Gasteiger partial charge in [0.25, 0.3) is 0 Å². The van der Waals surface area contributed by atoms with Gasteiger partial charge in [-0.1, -0.05) is 26.8 Å². The summed E-state index contributed by atoms with van der Waals surface area (Å²) >= 11 is 0. The zero-order valence-electron chi connectivity index (χ0n) is 14.5. The van der Waals surface area contributed by atoms with Crippen molar-refractivity contribution in [3.05, 3.63) is 46.5 Å². The van der Waals surface area contributed by atoms with Crippen LogP contribution in [0.25, 0.3) is 0 Å². The van der Waals surface area contributed by atoms with Gasteiger partial charge in [0.05, 0.1) is 18.6 Å². The van der Waals surface area contributed by atoms with Crippen molar-refractivity contribution in [3.8, 4) is 23.4 Å². The highest BCUT2D eigenvalue weighted by Crippen LogP contribution is 2.46. The van der Waals surface area contributed by atoms with Crippen molar-refractivity contribution < 1.29 is 14.6 Å². The second kappa shape index (κ2) is 5.74. The number of nitrogens with two attached hydrogens (primary N) is 1. The number of phenolic OH excluding ortho intramolecular Hbond substituents is 1. The highest BCUT2D eigenvalue weighted by atomic mass is 16.5. The molecule has 1 aromatic carbocycles. The summed E-state index contributed by atoms with van der Waals surface area (Å²) in [5.74, 6) is 0.271. The predicted molar refractivity (Wildman–Crippen MR) is 91.2 cm³/mol. The van der Waals surface area contributed by atoms with E-state index in [4.69, 9.17) is 15.2 Å². The maximum Gasteiger partial charge on any atom is 0.244 e. The van der Waals surface area contributed by atoms with E-state index in [1.165, 1.54) is 13.2 Å². The Kier molecular flexibility index (Phi) is 3.84. The number of phenols is 1. The summed E-state index contributed by atoms with van der Waals surface area (Å²) in [7, 11) is 1.47. The number of allylic oxidation sites excluding steroid dienone is 1. The molecule has 1 aromatic heterocycles. The third kappa shape index (κ3) is 2.66. The number of nitriles is 1. The van der Waals surface area contributed by atoms with Crippen LogP contribution in [0, 0.1) is 11.3 Å². The van der Waals surface area contributed by atoms with Crippen LogP contribution in [-0.2, 0) is 5.41 Å². The maximum atomic E-state index is 9.88. The number of aromatic amines is 1. The van der Waals surface area contributed by atoms with Gasteiger partial charge in [-0.3, -0.25) is 5.10 Å². The number of fused-ring (bicyclic) bond motifs is 1. The van der Waals surface area contributed by atoms with Crippen LogP contribution in [0.3, 0.4) is 0 Å². The molecule has 0 saturated carbocycles. The average molecular weight is 340 g/mol. The van der Waals surface area contributed by atoms with Gasteiger partial charge in [0.15, 0.2) is 11.5 Å². The van der Waals surface area contributed by atoms with Gasteiger partial charge in [-0.25, -0.2) is 0 Å². The molecule has 0 aliphatic carbocycles. The Hall–Kier alpha value is -3.14. The van der Waals surface area contributed by atoms with Crippen LogP contribution in [0.2, 0.25) is 0 Å². The van der Waals surface area contributed by atoms with Gasteiger partial charge < -0.3 is 20.3 Å². The zero-order valence-corrected chi connectivity index (χ0v) is 14.5. The van der Waals surface area contributed by atoms with Gasteiger partial charge in [0.2, 0.25) is 11.8 Å². The standard InChI is InChI=1S/C18H20N4O3/c1-18(2,3)15-14-13(9-5-6-11(23)12(7-9)24-4)10(8-19)16(20)25-17(14)22-21-15/h5-7,13,23H,20H2,1-4H3,(H,21,22). The molecule has 7 heteroatoms. The minimum atomic E-state index is -0.462. The number of H-pyrrole nitrogens is 1. The van der Waals surface area contributed by atoms with Crippen molar-refractivity contribution in [2.75, 3.05) is 7.11 Å². The smallest absolute Gasteiger partial charge is 0.244 e. The summed E-state index contributed by atoms with van der Waals surface area (Å²) in [5.41, 5.74) is 8.39. The molecule has 2 heterocycles. The maximum absolute atomic E-state index is 9.88. The first-order valence-electron chi connectivity index (χ1n) is 7.81. The minimum Gasteiger partial charge on any atom is -0.504 e. The quantitative estimate of drug-likeness (QED) is 0.773. The predicted octanol–water partition coefficient (Wildman–Crippen LogP) is 2.64. The lowest BCUT2D eigenvalue weighted by Crippen LogP contribution is -2.23. The number of methoxy groups -OCH3 is 1. The van der Waals surface area contributed by atoms with Crippen LogP contribution >= 0.6 is 0 Å². The lowest BCUT2D eigenvalue weighted by atomic mass is 9.79. The monoisotopic (exact) mass is 340 g/mol. The van der Waals surface area contributed by atoms with E-state index in [1.54, 1.807) is 12.1 Å². The molecule has 0 radical (unpaired) electrons. The molecule has 2 aromatic rings.